The predicted octanol–water partition coefficient (Wildman–Crippen LogP) is 9.54. The molecule has 0 rings (SSSR count). The zero-order valence-electron chi connectivity index (χ0n) is 20.3. The number of rotatable bonds is 24. The average molecular weight is 411 g/mol. The van der Waals surface area contributed by atoms with Crippen molar-refractivity contribution in [1.82, 2.24) is 0 Å². The van der Waals surface area contributed by atoms with E-state index in [1.165, 1.54) is 122 Å². The van der Waals surface area contributed by atoms with E-state index in [2.05, 4.69) is 13.8 Å². The quantitative estimate of drug-likeness (QED) is 0.117. The molecule has 0 aliphatic rings. The highest BCUT2D eigenvalue weighted by molar-refractivity contribution is 5.69. The Balaban J connectivity index is 3.06. The Labute approximate surface area is 184 Å². The fourth-order valence-electron chi connectivity index (χ4n) is 3.93. The molecule has 0 aromatic rings. The molecule has 0 aromatic heterocycles. The molecule has 0 heterocycles. The first-order valence-electron chi connectivity index (χ1n) is 13.5. The van der Waals surface area contributed by atoms with E-state index in [0.717, 1.165) is 19.3 Å². The SMILES string of the molecule is CCCCCCCCCCCCCCCCCCCCCCC(=O)OCCCC. The summed E-state index contributed by atoms with van der Waals surface area (Å²) in [5.41, 5.74) is 0. The molecule has 2 heteroatoms. The number of unbranched alkanes of at least 4 members (excludes halogenated alkanes) is 20. The molecule has 0 spiro atoms. The van der Waals surface area contributed by atoms with Crippen molar-refractivity contribution in [3.05, 3.63) is 0 Å². The highest BCUT2D eigenvalue weighted by atomic mass is 16.5. The summed E-state index contributed by atoms with van der Waals surface area (Å²) in [4.78, 5) is 11.5. The topological polar surface area (TPSA) is 26.3 Å². The van der Waals surface area contributed by atoms with Crippen LogP contribution < -0.4 is 0 Å². The number of hydrogen-bond acceptors (Lipinski definition) is 2. The minimum atomic E-state index is 0.000795. The first kappa shape index (κ1) is 28.5. The molecule has 0 aliphatic carbocycles. The van der Waals surface area contributed by atoms with Crippen LogP contribution >= 0.6 is 0 Å². The van der Waals surface area contributed by atoms with Crippen LogP contribution in [0.1, 0.15) is 162 Å². The molecule has 0 amide bonds. The number of hydrogen-bond donors (Lipinski definition) is 0. The lowest BCUT2D eigenvalue weighted by molar-refractivity contribution is -0.143. The second-order valence-corrected chi connectivity index (χ2v) is 9.04. The lowest BCUT2D eigenvalue weighted by Crippen LogP contribution is -2.05. The monoisotopic (exact) mass is 410 g/mol. The molecule has 0 N–H and O–H groups in total. The van der Waals surface area contributed by atoms with Gasteiger partial charge in [0.05, 0.1) is 6.61 Å². The fraction of sp³-hybridized carbons (Fsp3) is 0.963. The number of carbonyl (C=O) groups excluding carboxylic acids is 1. The van der Waals surface area contributed by atoms with Gasteiger partial charge in [-0.15, -0.1) is 0 Å². The van der Waals surface area contributed by atoms with Crippen LogP contribution in [-0.2, 0) is 9.53 Å². The second kappa shape index (κ2) is 25.5. The average Bonchev–Trinajstić information content (AvgIpc) is 2.72. The predicted molar refractivity (Wildman–Crippen MR) is 128 cm³/mol. The Hall–Kier alpha value is -0.530. The molecule has 29 heavy (non-hydrogen) atoms. The maximum Gasteiger partial charge on any atom is 0.305 e. The smallest absolute Gasteiger partial charge is 0.305 e. The maximum absolute atomic E-state index is 11.5. The highest BCUT2D eigenvalue weighted by Gasteiger charge is 2.02. The van der Waals surface area contributed by atoms with E-state index < -0.39 is 0 Å². The lowest BCUT2D eigenvalue weighted by atomic mass is 10.0. The van der Waals surface area contributed by atoms with E-state index in [9.17, 15) is 4.79 Å². The zero-order chi connectivity index (χ0) is 21.3. The maximum atomic E-state index is 11.5. The summed E-state index contributed by atoms with van der Waals surface area (Å²) in [6, 6.07) is 0. The molecule has 2 nitrogen and oxygen atoms in total. The van der Waals surface area contributed by atoms with Crippen molar-refractivity contribution in [2.45, 2.75) is 162 Å². The van der Waals surface area contributed by atoms with Crippen LogP contribution in [-0.4, -0.2) is 12.6 Å². The van der Waals surface area contributed by atoms with Gasteiger partial charge in [0.2, 0.25) is 0 Å². The molecule has 0 atom stereocenters. The molecular weight excluding hydrogens is 356 g/mol. The van der Waals surface area contributed by atoms with Crippen molar-refractivity contribution in [2.24, 2.45) is 0 Å². The standard InChI is InChI=1S/C27H54O2/c1-3-5-7-8-9-10-11-12-13-14-15-16-17-18-19-20-21-22-23-24-25-27(28)29-26-6-4-2/h3-26H2,1-2H3. The van der Waals surface area contributed by atoms with Gasteiger partial charge < -0.3 is 4.74 Å². The van der Waals surface area contributed by atoms with Crippen molar-refractivity contribution in [1.29, 1.82) is 0 Å². The molecule has 0 aliphatic heterocycles. The zero-order valence-corrected chi connectivity index (χ0v) is 20.3. The van der Waals surface area contributed by atoms with Gasteiger partial charge >= 0.3 is 5.97 Å². The van der Waals surface area contributed by atoms with E-state index in [1.807, 2.05) is 0 Å². The molecule has 174 valence electrons. The van der Waals surface area contributed by atoms with Gasteiger partial charge in [-0.2, -0.15) is 0 Å². The summed E-state index contributed by atoms with van der Waals surface area (Å²) in [5, 5.41) is 0. The van der Waals surface area contributed by atoms with Crippen molar-refractivity contribution >= 4 is 5.97 Å². The summed E-state index contributed by atoms with van der Waals surface area (Å²) in [5.74, 6) is 0.000795. The van der Waals surface area contributed by atoms with E-state index in [-0.39, 0.29) is 5.97 Å². The van der Waals surface area contributed by atoms with Crippen molar-refractivity contribution < 1.29 is 9.53 Å². The van der Waals surface area contributed by atoms with Crippen LogP contribution in [0.2, 0.25) is 0 Å². The van der Waals surface area contributed by atoms with E-state index in [4.69, 9.17) is 4.74 Å². The Morgan fingerprint density at radius 3 is 1.10 bits per heavy atom. The molecule has 0 aromatic carbocycles. The minimum absolute atomic E-state index is 0.000795. The van der Waals surface area contributed by atoms with Gasteiger partial charge in [0.15, 0.2) is 0 Å². The van der Waals surface area contributed by atoms with Crippen LogP contribution in [0.15, 0.2) is 0 Å². The number of ether oxygens (including phenoxy) is 1. The van der Waals surface area contributed by atoms with Crippen LogP contribution in [0.25, 0.3) is 0 Å². The fourth-order valence-corrected chi connectivity index (χ4v) is 3.93. The third-order valence-corrected chi connectivity index (χ3v) is 6.00. The third-order valence-electron chi connectivity index (χ3n) is 6.00. The molecule has 0 bridgehead atoms. The van der Waals surface area contributed by atoms with Gasteiger partial charge in [-0.25, -0.2) is 0 Å². The van der Waals surface area contributed by atoms with Gasteiger partial charge in [-0.05, 0) is 12.8 Å². The molecule has 0 fully saturated rings. The largest absolute Gasteiger partial charge is 0.466 e. The minimum Gasteiger partial charge on any atom is -0.466 e. The Bertz CT molecular complexity index is 314. The molecular formula is C27H54O2. The molecule has 0 saturated heterocycles. The lowest BCUT2D eigenvalue weighted by Gasteiger charge is -2.05. The van der Waals surface area contributed by atoms with E-state index >= 15 is 0 Å². The number of carbonyl (C=O) groups is 1. The molecule has 0 radical (unpaired) electrons. The summed E-state index contributed by atoms with van der Waals surface area (Å²) in [6.07, 6.45) is 30.5. The summed E-state index contributed by atoms with van der Waals surface area (Å²) >= 11 is 0. The summed E-state index contributed by atoms with van der Waals surface area (Å²) < 4.78 is 5.18. The van der Waals surface area contributed by atoms with Gasteiger partial charge in [-0.1, -0.05) is 142 Å². The van der Waals surface area contributed by atoms with Gasteiger partial charge in [0.25, 0.3) is 0 Å². The second-order valence-electron chi connectivity index (χ2n) is 9.04. The first-order valence-corrected chi connectivity index (χ1v) is 13.5. The molecule has 0 saturated carbocycles. The van der Waals surface area contributed by atoms with Crippen molar-refractivity contribution in [3.8, 4) is 0 Å². The summed E-state index contributed by atoms with van der Waals surface area (Å²) in [7, 11) is 0. The van der Waals surface area contributed by atoms with Crippen LogP contribution in [0.3, 0.4) is 0 Å². The van der Waals surface area contributed by atoms with Crippen LogP contribution in [0.4, 0.5) is 0 Å². The van der Waals surface area contributed by atoms with E-state index in [0.29, 0.717) is 13.0 Å². The Morgan fingerprint density at radius 1 is 0.448 bits per heavy atom. The van der Waals surface area contributed by atoms with Crippen molar-refractivity contribution in [2.75, 3.05) is 6.61 Å². The normalized spacial score (nSPS) is 11.1. The highest BCUT2D eigenvalue weighted by Crippen LogP contribution is 2.15. The van der Waals surface area contributed by atoms with E-state index in [1.54, 1.807) is 0 Å². The first-order chi connectivity index (χ1) is 14.3. The summed E-state index contributed by atoms with van der Waals surface area (Å²) in [6.45, 7) is 5.02. The third kappa shape index (κ3) is 25.4. The van der Waals surface area contributed by atoms with Crippen LogP contribution in [0.5, 0.6) is 0 Å². The van der Waals surface area contributed by atoms with Gasteiger partial charge in [-0.3, -0.25) is 4.79 Å². The van der Waals surface area contributed by atoms with Crippen LogP contribution in [0, 0.1) is 0 Å². The van der Waals surface area contributed by atoms with Gasteiger partial charge in [0.1, 0.15) is 0 Å². The Morgan fingerprint density at radius 2 is 0.759 bits per heavy atom. The van der Waals surface area contributed by atoms with Crippen molar-refractivity contribution in [3.63, 3.8) is 0 Å². The number of esters is 1. The van der Waals surface area contributed by atoms with Gasteiger partial charge in [0, 0.05) is 6.42 Å². The Kier molecular flexibility index (Phi) is 25.0. The molecule has 0 unspecified atom stereocenters.